The molecule has 6 nitrogen and oxygen atoms in total. The average molecular weight is 296 g/mol. The summed E-state index contributed by atoms with van der Waals surface area (Å²) in [5.74, 6) is 2.60. The lowest BCUT2D eigenvalue weighted by atomic mass is 10.2. The minimum Gasteiger partial charge on any atom is -0.383 e. The van der Waals surface area contributed by atoms with Crippen molar-refractivity contribution in [2.45, 2.75) is 33.7 Å². The summed E-state index contributed by atoms with van der Waals surface area (Å²) in [5, 5.41) is 3.30. The monoisotopic (exact) mass is 296 g/mol. The number of nitrogens with one attached hydrogen (secondary N) is 1. The van der Waals surface area contributed by atoms with E-state index in [-0.39, 0.29) is 6.04 Å². The number of ether oxygens (including phenoxy) is 2. The third-order valence-corrected chi connectivity index (χ3v) is 3.32. The summed E-state index contributed by atoms with van der Waals surface area (Å²) < 4.78 is 10.5. The van der Waals surface area contributed by atoms with Crippen molar-refractivity contribution in [1.82, 2.24) is 9.97 Å². The Bertz CT molecular complexity index is 440. The molecule has 1 atom stereocenters. The van der Waals surface area contributed by atoms with E-state index in [1.807, 2.05) is 13.8 Å². The summed E-state index contributed by atoms with van der Waals surface area (Å²) in [6.07, 6.45) is 0. The van der Waals surface area contributed by atoms with Crippen LogP contribution in [0.25, 0.3) is 0 Å². The van der Waals surface area contributed by atoms with Gasteiger partial charge in [0.25, 0.3) is 0 Å². The van der Waals surface area contributed by atoms with Crippen molar-refractivity contribution in [3.8, 4) is 0 Å². The van der Waals surface area contributed by atoms with Crippen LogP contribution in [0.3, 0.4) is 0 Å². The van der Waals surface area contributed by atoms with Gasteiger partial charge < -0.3 is 19.7 Å². The molecule has 0 saturated carbocycles. The highest BCUT2D eigenvalue weighted by molar-refractivity contribution is 5.59. The molecular formula is C15H28N4O2. The maximum atomic E-state index is 5.29. The van der Waals surface area contributed by atoms with E-state index in [1.165, 1.54) is 0 Å². The van der Waals surface area contributed by atoms with Gasteiger partial charge in [0.1, 0.15) is 17.5 Å². The first-order valence-electron chi connectivity index (χ1n) is 7.38. The number of hydrogen-bond acceptors (Lipinski definition) is 6. The largest absolute Gasteiger partial charge is 0.383 e. The average Bonchev–Trinajstić information content (AvgIpc) is 2.44. The lowest BCUT2D eigenvalue weighted by molar-refractivity contribution is 0.170. The van der Waals surface area contributed by atoms with Gasteiger partial charge in [-0.3, -0.25) is 0 Å². The summed E-state index contributed by atoms with van der Waals surface area (Å²) in [4.78, 5) is 11.3. The highest BCUT2D eigenvalue weighted by Crippen LogP contribution is 2.25. The van der Waals surface area contributed by atoms with Crippen LogP contribution < -0.4 is 10.2 Å². The second-order valence-electron chi connectivity index (χ2n) is 5.09. The molecule has 21 heavy (non-hydrogen) atoms. The maximum Gasteiger partial charge on any atom is 0.137 e. The minimum absolute atomic E-state index is 0.215. The molecule has 1 aromatic heterocycles. The van der Waals surface area contributed by atoms with Gasteiger partial charge in [-0.2, -0.15) is 0 Å². The summed E-state index contributed by atoms with van der Waals surface area (Å²) in [6.45, 7) is 11.0. The third-order valence-electron chi connectivity index (χ3n) is 3.32. The highest BCUT2D eigenvalue weighted by Gasteiger charge is 2.20. The van der Waals surface area contributed by atoms with Crippen LogP contribution >= 0.6 is 0 Å². The molecule has 0 radical (unpaired) electrons. The number of methoxy groups -OCH3 is 2. The Morgan fingerprint density at radius 2 is 1.90 bits per heavy atom. The Morgan fingerprint density at radius 3 is 2.48 bits per heavy atom. The van der Waals surface area contributed by atoms with Crippen molar-refractivity contribution in [2.24, 2.45) is 0 Å². The summed E-state index contributed by atoms with van der Waals surface area (Å²) in [7, 11) is 3.43. The zero-order chi connectivity index (χ0) is 15.8. The van der Waals surface area contributed by atoms with Crippen molar-refractivity contribution in [1.29, 1.82) is 0 Å². The van der Waals surface area contributed by atoms with Gasteiger partial charge in [-0.25, -0.2) is 9.97 Å². The third kappa shape index (κ3) is 4.82. The molecule has 0 spiro atoms. The summed E-state index contributed by atoms with van der Waals surface area (Å²) >= 11 is 0. The van der Waals surface area contributed by atoms with Crippen molar-refractivity contribution in [3.63, 3.8) is 0 Å². The topological polar surface area (TPSA) is 59.5 Å². The van der Waals surface area contributed by atoms with Crippen molar-refractivity contribution in [3.05, 3.63) is 11.4 Å². The molecule has 0 aliphatic rings. The molecular weight excluding hydrogens is 268 g/mol. The molecule has 0 aromatic carbocycles. The number of aryl methyl sites for hydroxylation is 1. The number of hydrogen-bond donors (Lipinski definition) is 1. The Kier molecular flexibility index (Phi) is 7.39. The maximum absolute atomic E-state index is 5.29. The van der Waals surface area contributed by atoms with Crippen LogP contribution in [0.1, 0.15) is 25.2 Å². The molecule has 1 rings (SSSR count). The predicted octanol–water partition coefficient (Wildman–Crippen LogP) is 2.01. The summed E-state index contributed by atoms with van der Waals surface area (Å²) in [6, 6.07) is 0.215. The Balaban J connectivity index is 3.15. The van der Waals surface area contributed by atoms with Gasteiger partial charge in [0.15, 0.2) is 0 Å². The van der Waals surface area contributed by atoms with E-state index < -0.39 is 0 Å². The standard InChI is InChI=1S/C15H28N4O2/c1-7-16-14-12(3)15(18-13(4)17-14)19(8-9-20-5)11(2)10-21-6/h11H,7-10H2,1-6H3,(H,16,17,18). The van der Waals surface area contributed by atoms with Crippen LogP contribution in [-0.4, -0.2) is 56.5 Å². The van der Waals surface area contributed by atoms with Crippen molar-refractivity contribution >= 4 is 11.6 Å². The Morgan fingerprint density at radius 1 is 1.19 bits per heavy atom. The van der Waals surface area contributed by atoms with Crippen LogP contribution in [0.15, 0.2) is 0 Å². The molecule has 1 heterocycles. The molecule has 0 saturated heterocycles. The van der Waals surface area contributed by atoms with Gasteiger partial charge >= 0.3 is 0 Å². The lowest BCUT2D eigenvalue weighted by Gasteiger charge is -2.31. The van der Waals surface area contributed by atoms with Crippen LogP contribution in [0, 0.1) is 13.8 Å². The molecule has 1 aromatic rings. The smallest absolute Gasteiger partial charge is 0.137 e. The van der Waals surface area contributed by atoms with E-state index in [2.05, 4.69) is 34.0 Å². The zero-order valence-electron chi connectivity index (χ0n) is 14.1. The number of rotatable bonds is 9. The van der Waals surface area contributed by atoms with Crippen LogP contribution in [0.5, 0.6) is 0 Å². The summed E-state index contributed by atoms with van der Waals surface area (Å²) in [5.41, 5.74) is 1.06. The van der Waals surface area contributed by atoms with E-state index in [1.54, 1.807) is 14.2 Å². The van der Waals surface area contributed by atoms with Gasteiger partial charge in [-0.1, -0.05) is 0 Å². The van der Waals surface area contributed by atoms with Crippen LogP contribution in [-0.2, 0) is 9.47 Å². The molecule has 0 aliphatic carbocycles. The second kappa shape index (κ2) is 8.79. The minimum atomic E-state index is 0.215. The van der Waals surface area contributed by atoms with E-state index in [0.29, 0.717) is 13.2 Å². The fourth-order valence-corrected chi connectivity index (χ4v) is 2.29. The number of anilines is 2. The fourth-order valence-electron chi connectivity index (χ4n) is 2.29. The normalized spacial score (nSPS) is 12.3. The zero-order valence-corrected chi connectivity index (χ0v) is 14.1. The predicted molar refractivity (Wildman–Crippen MR) is 86.2 cm³/mol. The number of aromatic nitrogens is 2. The van der Waals surface area contributed by atoms with Gasteiger partial charge in [-0.05, 0) is 27.7 Å². The lowest BCUT2D eigenvalue weighted by Crippen LogP contribution is -2.40. The van der Waals surface area contributed by atoms with E-state index in [0.717, 1.165) is 36.1 Å². The quantitative estimate of drug-likeness (QED) is 0.752. The molecule has 0 bridgehead atoms. The molecule has 0 amide bonds. The molecule has 1 unspecified atom stereocenters. The van der Waals surface area contributed by atoms with Gasteiger partial charge in [0.05, 0.1) is 19.3 Å². The second-order valence-corrected chi connectivity index (χ2v) is 5.09. The van der Waals surface area contributed by atoms with Gasteiger partial charge in [0.2, 0.25) is 0 Å². The van der Waals surface area contributed by atoms with Crippen molar-refractivity contribution < 1.29 is 9.47 Å². The highest BCUT2D eigenvalue weighted by atomic mass is 16.5. The fraction of sp³-hybridized carbons (Fsp3) is 0.733. The number of nitrogens with zero attached hydrogens (tertiary/aromatic N) is 3. The first-order valence-corrected chi connectivity index (χ1v) is 7.38. The molecule has 1 N–H and O–H groups in total. The Labute approximate surface area is 127 Å². The SMILES string of the molecule is CCNc1nc(C)nc(N(CCOC)C(C)COC)c1C. The Hall–Kier alpha value is -1.40. The van der Waals surface area contributed by atoms with Crippen molar-refractivity contribution in [2.75, 3.05) is 50.7 Å². The van der Waals surface area contributed by atoms with E-state index in [9.17, 15) is 0 Å². The van der Waals surface area contributed by atoms with Gasteiger partial charge in [-0.15, -0.1) is 0 Å². The van der Waals surface area contributed by atoms with Crippen LogP contribution in [0.2, 0.25) is 0 Å². The molecule has 120 valence electrons. The molecule has 6 heteroatoms. The van der Waals surface area contributed by atoms with E-state index in [4.69, 9.17) is 9.47 Å². The van der Waals surface area contributed by atoms with Crippen LogP contribution in [0.4, 0.5) is 11.6 Å². The van der Waals surface area contributed by atoms with Gasteiger partial charge in [0, 0.05) is 32.9 Å². The first-order chi connectivity index (χ1) is 10.0. The first kappa shape index (κ1) is 17.7. The van der Waals surface area contributed by atoms with E-state index >= 15 is 0 Å². The molecule has 0 fully saturated rings. The molecule has 0 aliphatic heterocycles.